The highest BCUT2D eigenvalue weighted by molar-refractivity contribution is 5.82. The van der Waals surface area contributed by atoms with Gasteiger partial charge in [-0.1, -0.05) is 161 Å². The summed E-state index contributed by atoms with van der Waals surface area (Å²) < 4.78 is 0. The highest BCUT2D eigenvalue weighted by Crippen LogP contribution is 2.15. The molecule has 0 bridgehead atoms. The number of ketones is 1. The molecule has 0 saturated carbocycles. The van der Waals surface area contributed by atoms with Crippen LogP contribution in [-0.4, -0.2) is 17.0 Å². The zero-order chi connectivity index (χ0) is 26.4. The average molecular weight is 507 g/mol. The van der Waals surface area contributed by atoms with E-state index in [-0.39, 0.29) is 5.78 Å². The number of aliphatic hydroxyl groups is 1. The molecule has 1 unspecified atom stereocenters. The summed E-state index contributed by atoms with van der Waals surface area (Å²) in [6.45, 7) is 4.55. The molecule has 0 heterocycles. The summed E-state index contributed by atoms with van der Waals surface area (Å²) >= 11 is 0. The maximum absolute atomic E-state index is 12.2. The van der Waals surface area contributed by atoms with Gasteiger partial charge in [-0.3, -0.25) is 4.79 Å². The van der Waals surface area contributed by atoms with Crippen LogP contribution in [0.2, 0.25) is 0 Å². The third-order valence-electron chi connectivity index (χ3n) is 7.64. The van der Waals surface area contributed by atoms with Gasteiger partial charge in [0.15, 0.2) is 5.78 Å². The summed E-state index contributed by atoms with van der Waals surface area (Å²) in [6, 6.07) is 0. The van der Waals surface area contributed by atoms with Gasteiger partial charge in [-0.2, -0.15) is 0 Å². The molecule has 0 saturated heterocycles. The van der Waals surface area contributed by atoms with Gasteiger partial charge < -0.3 is 5.11 Å². The number of Topliss-reactive ketones (excluding diaryl/α,β-unsaturated/α-hetero) is 1. The zero-order valence-corrected chi connectivity index (χ0v) is 24.9. The molecule has 0 spiro atoms. The second-order valence-corrected chi connectivity index (χ2v) is 11.3. The predicted molar refractivity (Wildman–Crippen MR) is 161 cm³/mol. The SMILES string of the molecule is CCCCCCCC/C=C\CCCCCCCC(=O)C(O)CCCCCCCCCCCCCCC. The van der Waals surface area contributed by atoms with E-state index < -0.39 is 6.10 Å². The Bertz CT molecular complexity index is 456. The van der Waals surface area contributed by atoms with Crippen LogP contribution in [0.3, 0.4) is 0 Å². The van der Waals surface area contributed by atoms with Gasteiger partial charge >= 0.3 is 0 Å². The van der Waals surface area contributed by atoms with E-state index in [1.54, 1.807) is 0 Å². The minimum Gasteiger partial charge on any atom is -0.385 e. The predicted octanol–water partition coefficient (Wildman–Crippen LogP) is 11.4. The van der Waals surface area contributed by atoms with Crippen molar-refractivity contribution in [2.75, 3.05) is 0 Å². The second-order valence-electron chi connectivity index (χ2n) is 11.3. The number of hydrogen-bond acceptors (Lipinski definition) is 2. The Balaban J connectivity index is 3.33. The molecule has 0 aliphatic heterocycles. The molecular formula is C34H66O2. The van der Waals surface area contributed by atoms with Crippen LogP contribution in [0, 0.1) is 0 Å². The van der Waals surface area contributed by atoms with E-state index in [1.165, 1.54) is 141 Å². The molecule has 0 aromatic carbocycles. The van der Waals surface area contributed by atoms with Crippen molar-refractivity contribution in [3.63, 3.8) is 0 Å². The first-order valence-electron chi connectivity index (χ1n) is 16.6. The fraction of sp³-hybridized carbons (Fsp3) is 0.912. The lowest BCUT2D eigenvalue weighted by Gasteiger charge is -2.09. The van der Waals surface area contributed by atoms with E-state index in [0.717, 1.165) is 25.7 Å². The fourth-order valence-corrected chi connectivity index (χ4v) is 5.05. The van der Waals surface area contributed by atoms with E-state index in [9.17, 15) is 9.90 Å². The summed E-state index contributed by atoms with van der Waals surface area (Å²) in [6.07, 6.45) is 39.1. The summed E-state index contributed by atoms with van der Waals surface area (Å²) in [4.78, 5) is 12.2. The van der Waals surface area contributed by atoms with Crippen molar-refractivity contribution in [2.24, 2.45) is 0 Å². The Kier molecular flexibility index (Phi) is 30.1. The number of rotatable bonds is 30. The van der Waals surface area contributed by atoms with E-state index in [0.29, 0.717) is 12.8 Å². The molecular weight excluding hydrogens is 440 g/mol. The molecule has 1 atom stereocenters. The molecule has 2 nitrogen and oxygen atoms in total. The standard InChI is InChI=1S/C34H66O2/c1-3-5-7-9-11-13-15-17-18-20-22-24-26-28-30-32-34(36)33(35)31-29-27-25-23-21-19-16-14-12-10-8-6-4-2/h17-18,33,35H,3-16,19-32H2,1-2H3/b18-17-. The zero-order valence-electron chi connectivity index (χ0n) is 24.9. The lowest BCUT2D eigenvalue weighted by molar-refractivity contribution is -0.127. The summed E-state index contributed by atoms with van der Waals surface area (Å²) in [5, 5.41) is 10.2. The quantitative estimate of drug-likeness (QED) is 0.0776. The Morgan fingerprint density at radius 3 is 1.25 bits per heavy atom. The lowest BCUT2D eigenvalue weighted by atomic mass is 10.0. The third-order valence-corrected chi connectivity index (χ3v) is 7.64. The number of carbonyl (C=O) groups excluding carboxylic acids is 1. The first-order valence-corrected chi connectivity index (χ1v) is 16.6. The molecule has 214 valence electrons. The van der Waals surface area contributed by atoms with Crippen LogP contribution in [0.1, 0.15) is 194 Å². The maximum Gasteiger partial charge on any atom is 0.161 e. The van der Waals surface area contributed by atoms with Gasteiger partial charge in [-0.25, -0.2) is 0 Å². The van der Waals surface area contributed by atoms with Gasteiger partial charge in [0, 0.05) is 6.42 Å². The summed E-state index contributed by atoms with van der Waals surface area (Å²) in [5.41, 5.74) is 0. The van der Waals surface area contributed by atoms with Gasteiger partial charge in [0.1, 0.15) is 6.10 Å². The smallest absolute Gasteiger partial charge is 0.161 e. The van der Waals surface area contributed by atoms with Gasteiger partial charge in [0.05, 0.1) is 0 Å². The van der Waals surface area contributed by atoms with Crippen LogP contribution < -0.4 is 0 Å². The van der Waals surface area contributed by atoms with Crippen molar-refractivity contribution in [2.45, 2.75) is 200 Å². The van der Waals surface area contributed by atoms with E-state index in [1.807, 2.05) is 0 Å². The van der Waals surface area contributed by atoms with Crippen molar-refractivity contribution in [3.8, 4) is 0 Å². The number of hydrogen-bond donors (Lipinski definition) is 1. The third kappa shape index (κ3) is 27.9. The van der Waals surface area contributed by atoms with E-state index >= 15 is 0 Å². The van der Waals surface area contributed by atoms with Crippen molar-refractivity contribution in [1.82, 2.24) is 0 Å². The Hall–Kier alpha value is -0.630. The molecule has 2 heteroatoms. The van der Waals surface area contributed by atoms with Crippen molar-refractivity contribution >= 4 is 5.78 Å². The molecule has 36 heavy (non-hydrogen) atoms. The monoisotopic (exact) mass is 507 g/mol. The van der Waals surface area contributed by atoms with Crippen molar-refractivity contribution in [1.29, 1.82) is 0 Å². The van der Waals surface area contributed by atoms with Crippen LogP contribution in [0.25, 0.3) is 0 Å². The van der Waals surface area contributed by atoms with Crippen LogP contribution in [-0.2, 0) is 4.79 Å². The molecule has 0 aromatic rings. The first-order chi connectivity index (χ1) is 17.7. The highest BCUT2D eigenvalue weighted by Gasteiger charge is 2.13. The first kappa shape index (κ1) is 35.4. The Morgan fingerprint density at radius 2 is 0.833 bits per heavy atom. The number of unbranched alkanes of at least 4 members (excludes halogenated alkanes) is 23. The lowest BCUT2D eigenvalue weighted by Crippen LogP contribution is -2.19. The summed E-state index contributed by atoms with van der Waals surface area (Å²) in [5.74, 6) is 0.0755. The second kappa shape index (κ2) is 30.6. The van der Waals surface area contributed by atoms with Crippen LogP contribution in [0.15, 0.2) is 12.2 Å². The number of carbonyl (C=O) groups is 1. The minimum absolute atomic E-state index is 0.0755. The summed E-state index contributed by atoms with van der Waals surface area (Å²) in [7, 11) is 0. The maximum atomic E-state index is 12.2. The highest BCUT2D eigenvalue weighted by atomic mass is 16.3. The Morgan fingerprint density at radius 1 is 0.500 bits per heavy atom. The van der Waals surface area contributed by atoms with Crippen LogP contribution in [0.5, 0.6) is 0 Å². The topological polar surface area (TPSA) is 37.3 Å². The van der Waals surface area contributed by atoms with Gasteiger partial charge in [-0.05, 0) is 38.5 Å². The van der Waals surface area contributed by atoms with Crippen molar-refractivity contribution < 1.29 is 9.90 Å². The molecule has 0 aliphatic rings. The van der Waals surface area contributed by atoms with Crippen LogP contribution >= 0.6 is 0 Å². The molecule has 0 radical (unpaired) electrons. The minimum atomic E-state index is -0.713. The molecule has 0 aliphatic carbocycles. The number of allylic oxidation sites excluding steroid dienone is 2. The van der Waals surface area contributed by atoms with Gasteiger partial charge in [0.2, 0.25) is 0 Å². The largest absolute Gasteiger partial charge is 0.385 e. The molecule has 1 N–H and O–H groups in total. The van der Waals surface area contributed by atoms with E-state index in [2.05, 4.69) is 26.0 Å². The van der Waals surface area contributed by atoms with Gasteiger partial charge in [-0.15, -0.1) is 0 Å². The molecule has 0 amide bonds. The molecule has 0 rings (SSSR count). The molecule has 0 aromatic heterocycles. The normalized spacial score (nSPS) is 12.5. The average Bonchev–Trinajstić information content (AvgIpc) is 2.88. The van der Waals surface area contributed by atoms with E-state index in [4.69, 9.17) is 0 Å². The van der Waals surface area contributed by atoms with Crippen molar-refractivity contribution in [3.05, 3.63) is 12.2 Å². The van der Waals surface area contributed by atoms with Crippen LogP contribution in [0.4, 0.5) is 0 Å². The number of aliphatic hydroxyl groups excluding tert-OH is 1. The Labute approximate surface area is 227 Å². The fourth-order valence-electron chi connectivity index (χ4n) is 5.05. The van der Waals surface area contributed by atoms with Gasteiger partial charge in [0.25, 0.3) is 0 Å². The molecule has 0 fully saturated rings.